The summed E-state index contributed by atoms with van der Waals surface area (Å²) in [6.07, 6.45) is 8.20. The molecular formula is C27H28N4O2. The third-order valence-corrected chi connectivity index (χ3v) is 6.14. The molecule has 2 aromatic carbocycles. The van der Waals surface area contributed by atoms with E-state index in [4.69, 9.17) is 0 Å². The van der Waals surface area contributed by atoms with Crippen LogP contribution in [0.3, 0.4) is 0 Å². The van der Waals surface area contributed by atoms with E-state index in [-0.39, 0.29) is 11.8 Å². The maximum atomic E-state index is 13.4. The van der Waals surface area contributed by atoms with Gasteiger partial charge in [-0.15, -0.1) is 6.58 Å². The lowest BCUT2D eigenvalue weighted by Gasteiger charge is -2.41. The summed E-state index contributed by atoms with van der Waals surface area (Å²) in [5.41, 5.74) is 2.94. The van der Waals surface area contributed by atoms with Gasteiger partial charge in [-0.2, -0.15) is 0 Å². The fourth-order valence-electron chi connectivity index (χ4n) is 4.48. The molecule has 0 saturated carbocycles. The zero-order valence-electron chi connectivity index (χ0n) is 18.6. The monoisotopic (exact) mass is 440 g/mol. The molecule has 6 heteroatoms. The third kappa shape index (κ3) is 5.17. The van der Waals surface area contributed by atoms with Crippen molar-refractivity contribution in [1.29, 1.82) is 0 Å². The number of aromatic nitrogens is 2. The van der Waals surface area contributed by atoms with Crippen LogP contribution in [0.1, 0.15) is 28.9 Å². The van der Waals surface area contributed by atoms with E-state index in [1.54, 1.807) is 17.2 Å². The summed E-state index contributed by atoms with van der Waals surface area (Å²) in [6, 6.07) is 18.5. The van der Waals surface area contributed by atoms with Gasteiger partial charge in [-0.1, -0.05) is 60.7 Å². The number of likely N-dealkylation sites (tertiary alicyclic amines) is 1. The van der Waals surface area contributed by atoms with Gasteiger partial charge in [0, 0.05) is 32.0 Å². The van der Waals surface area contributed by atoms with Crippen molar-refractivity contribution >= 4 is 11.8 Å². The number of piperidine rings is 1. The smallest absolute Gasteiger partial charge is 0.274 e. The average molecular weight is 441 g/mol. The molecule has 0 radical (unpaired) electrons. The van der Waals surface area contributed by atoms with Crippen LogP contribution < -0.4 is 5.32 Å². The largest absolute Gasteiger partial charge is 0.352 e. The minimum Gasteiger partial charge on any atom is -0.352 e. The predicted molar refractivity (Wildman–Crippen MR) is 128 cm³/mol. The van der Waals surface area contributed by atoms with E-state index in [1.165, 1.54) is 12.4 Å². The molecule has 0 aliphatic carbocycles. The van der Waals surface area contributed by atoms with Crippen molar-refractivity contribution in [2.45, 2.75) is 19.3 Å². The van der Waals surface area contributed by atoms with E-state index in [0.29, 0.717) is 38.2 Å². The summed E-state index contributed by atoms with van der Waals surface area (Å²) in [6.45, 7) is 5.04. The van der Waals surface area contributed by atoms with Gasteiger partial charge in [-0.25, -0.2) is 4.98 Å². The Morgan fingerprint density at radius 1 is 1.06 bits per heavy atom. The van der Waals surface area contributed by atoms with Gasteiger partial charge >= 0.3 is 0 Å². The highest BCUT2D eigenvalue weighted by Crippen LogP contribution is 2.35. The number of hydrogen-bond acceptors (Lipinski definition) is 4. The van der Waals surface area contributed by atoms with Gasteiger partial charge in [-0.05, 0) is 36.0 Å². The first-order valence-corrected chi connectivity index (χ1v) is 11.2. The number of hydrogen-bond donors (Lipinski definition) is 1. The quantitative estimate of drug-likeness (QED) is 0.565. The number of nitrogens with one attached hydrogen (secondary N) is 1. The van der Waals surface area contributed by atoms with E-state index in [2.05, 4.69) is 58.3 Å². The molecule has 1 fully saturated rings. The molecule has 168 valence electrons. The van der Waals surface area contributed by atoms with Crippen molar-refractivity contribution in [2.75, 3.05) is 19.6 Å². The molecule has 1 aromatic heterocycles. The van der Waals surface area contributed by atoms with E-state index in [0.717, 1.165) is 23.1 Å². The lowest BCUT2D eigenvalue weighted by Crippen LogP contribution is -2.54. The highest BCUT2D eigenvalue weighted by molar-refractivity contribution is 5.93. The van der Waals surface area contributed by atoms with Gasteiger partial charge in [-0.3, -0.25) is 14.6 Å². The Balaban J connectivity index is 1.58. The molecule has 0 unspecified atom stereocenters. The van der Waals surface area contributed by atoms with E-state index in [9.17, 15) is 9.59 Å². The first-order chi connectivity index (χ1) is 16.1. The maximum Gasteiger partial charge on any atom is 0.274 e. The molecule has 1 aliphatic heterocycles. The summed E-state index contributed by atoms with van der Waals surface area (Å²) in [7, 11) is 0. The van der Waals surface area contributed by atoms with Crippen LogP contribution in [0.15, 0.2) is 85.8 Å². The predicted octanol–water partition coefficient (Wildman–Crippen LogP) is 3.91. The first kappa shape index (κ1) is 22.4. The third-order valence-electron chi connectivity index (χ3n) is 6.14. The van der Waals surface area contributed by atoms with Crippen LogP contribution in [-0.4, -0.2) is 46.3 Å². The highest BCUT2D eigenvalue weighted by atomic mass is 16.2. The molecular weight excluding hydrogens is 412 g/mol. The highest BCUT2D eigenvalue weighted by Gasteiger charge is 2.43. The standard InChI is InChI=1S/C27H28N4O2/c1-2-14-30-26(33)27(13-6-17-31(20-27)25(32)24-19-28-15-16-29-24)18-21-9-11-23(12-10-21)22-7-4-3-5-8-22/h2-5,7-12,15-16,19H,1,6,13-14,17-18,20H2,(H,30,33)/t27-/m1/s1. The van der Waals surface area contributed by atoms with Crippen molar-refractivity contribution in [1.82, 2.24) is 20.2 Å². The molecule has 33 heavy (non-hydrogen) atoms. The van der Waals surface area contributed by atoms with Crippen LogP contribution in [-0.2, 0) is 11.2 Å². The summed E-state index contributed by atoms with van der Waals surface area (Å²) in [4.78, 5) is 36.3. The minimum absolute atomic E-state index is 0.0498. The van der Waals surface area contributed by atoms with E-state index < -0.39 is 5.41 Å². The van der Waals surface area contributed by atoms with Crippen molar-refractivity contribution in [2.24, 2.45) is 5.41 Å². The summed E-state index contributed by atoms with van der Waals surface area (Å²) < 4.78 is 0. The molecule has 0 spiro atoms. The van der Waals surface area contributed by atoms with E-state index >= 15 is 0 Å². The molecule has 1 atom stereocenters. The molecule has 3 aromatic rings. The minimum atomic E-state index is -0.715. The molecule has 1 N–H and O–H groups in total. The van der Waals surface area contributed by atoms with Crippen molar-refractivity contribution in [3.05, 3.63) is 97.1 Å². The van der Waals surface area contributed by atoms with Crippen LogP contribution in [0.5, 0.6) is 0 Å². The number of amides is 2. The van der Waals surface area contributed by atoms with E-state index in [1.807, 2.05) is 18.2 Å². The Bertz CT molecular complexity index is 1100. The maximum absolute atomic E-state index is 13.4. The number of rotatable bonds is 7. The number of carbonyl (C=O) groups is 2. The van der Waals surface area contributed by atoms with Crippen LogP contribution in [0.2, 0.25) is 0 Å². The normalized spacial score (nSPS) is 17.9. The molecule has 2 amide bonds. The SMILES string of the molecule is C=CCNC(=O)[C@@]1(Cc2ccc(-c3ccccc3)cc2)CCCN(C(=O)c2cnccn2)C1. The molecule has 4 rings (SSSR count). The summed E-state index contributed by atoms with van der Waals surface area (Å²) in [5.74, 6) is -0.241. The first-order valence-electron chi connectivity index (χ1n) is 11.2. The molecule has 2 heterocycles. The van der Waals surface area contributed by atoms with Gasteiger partial charge in [0.05, 0.1) is 11.6 Å². The Kier molecular flexibility index (Phi) is 6.93. The Morgan fingerprint density at radius 2 is 1.82 bits per heavy atom. The van der Waals surface area contributed by atoms with Gasteiger partial charge in [0.25, 0.3) is 5.91 Å². The van der Waals surface area contributed by atoms with Crippen LogP contribution in [0.4, 0.5) is 0 Å². The molecule has 0 bridgehead atoms. The second-order valence-electron chi connectivity index (χ2n) is 8.44. The Hall–Kier alpha value is -3.80. The van der Waals surface area contributed by atoms with Crippen LogP contribution in [0.25, 0.3) is 11.1 Å². The Labute approximate surface area is 194 Å². The second-order valence-corrected chi connectivity index (χ2v) is 8.44. The fraction of sp³-hybridized carbons (Fsp3) is 0.259. The topological polar surface area (TPSA) is 75.2 Å². The zero-order valence-corrected chi connectivity index (χ0v) is 18.6. The van der Waals surface area contributed by atoms with Crippen LogP contribution in [0, 0.1) is 5.41 Å². The van der Waals surface area contributed by atoms with Gasteiger partial charge in [0.2, 0.25) is 5.91 Å². The van der Waals surface area contributed by atoms with Crippen molar-refractivity contribution in [3.63, 3.8) is 0 Å². The van der Waals surface area contributed by atoms with Crippen molar-refractivity contribution in [3.8, 4) is 11.1 Å². The fourth-order valence-corrected chi connectivity index (χ4v) is 4.48. The Morgan fingerprint density at radius 3 is 2.52 bits per heavy atom. The number of benzene rings is 2. The lowest BCUT2D eigenvalue weighted by molar-refractivity contribution is -0.133. The van der Waals surface area contributed by atoms with Gasteiger partial charge in [0.15, 0.2) is 0 Å². The second kappa shape index (κ2) is 10.2. The molecule has 1 saturated heterocycles. The zero-order chi connectivity index (χ0) is 23.1. The number of nitrogens with zero attached hydrogens (tertiary/aromatic N) is 3. The molecule has 1 aliphatic rings. The van der Waals surface area contributed by atoms with Crippen molar-refractivity contribution < 1.29 is 9.59 Å². The van der Waals surface area contributed by atoms with Gasteiger partial charge in [0.1, 0.15) is 5.69 Å². The molecule has 6 nitrogen and oxygen atoms in total. The lowest BCUT2D eigenvalue weighted by atomic mass is 9.74. The summed E-state index contributed by atoms with van der Waals surface area (Å²) >= 11 is 0. The van der Waals surface area contributed by atoms with Crippen LogP contribution >= 0.6 is 0 Å². The number of carbonyl (C=O) groups excluding carboxylic acids is 2. The average Bonchev–Trinajstić information content (AvgIpc) is 2.88. The van der Waals surface area contributed by atoms with Gasteiger partial charge < -0.3 is 10.2 Å². The summed E-state index contributed by atoms with van der Waals surface area (Å²) in [5, 5.41) is 2.98.